The first-order chi connectivity index (χ1) is 31.7. The van der Waals surface area contributed by atoms with E-state index in [-0.39, 0.29) is 19.4 Å². The summed E-state index contributed by atoms with van der Waals surface area (Å²) in [5, 5.41) is 56.5. The quantitative estimate of drug-likeness (QED) is 0.0196. The summed E-state index contributed by atoms with van der Waals surface area (Å²) in [6.45, 7) is 5.70. The topological polar surface area (TPSA) is 175 Å². The second-order valence-electron chi connectivity index (χ2n) is 18.6. The van der Waals surface area contributed by atoms with Crippen molar-refractivity contribution >= 4 is 11.9 Å². The van der Waals surface area contributed by atoms with E-state index in [1.807, 2.05) is 6.08 Å². The van der Waals surface area contributed by atoms with Gasteiger partial charge in [0.05, 0.1) is 25.4 Å². The lowest BCUT2D eigenvalue weighted by molar-refractivity contribution is -0.305. The minimum Gasteiger partial charge on any atom is -0.454 e. The summed E-state index contributed by atoms with van der Waals surface area (Å²) in [7, 11) is 0. The van der Waals surface area contributed by atoms with Gasteiger partial charge in [-0.25, -0.2) is 0 Å². The molecule has 380 valence electrons. The molecule has 1 rings (SSSR count). The third-order valence-electron chi connectivity index (χ3n) is 12.5. The van der Waals surface area contributed by atoms with Crippen LogP contribution in [-0.2, 0) is 23.8 Å². The van der Waals surface area contributed by atoms with Crippen molar-refractivity contribution in [3.63, 3.8) is 0 Å². The number of aliphatic hydroxyl groups excluding tert-OH is 5. The van der Waals surface area contributed by atoms with Gasteiger partial charge in [-0.2, -0.15) is 0 Å². The standard InChI is InChI=1S/C54H99NO10/c1-4-7-10-13-16-19-22-24-27-28-31-34-37-40-46(57)45(55-53(62)47(58)41-38-35-32-29-26-23-20-17-14-11-8-5-2)44-63-54-52(51(61)50(60)48(43-56)64-54)65-49(59)42-39-36-33-30-25-21-18-15-12-9-6-3/h15,18,26,29,37,40,45-48,50-52,54,56-58,60-61H,4-14,16-17,19-25,27-28,30-36,38-39,41-44H2,1-3H3,(H,55,62)/b18-15-,29-26-,40-37+. The molecule has 0 aliphatic carbocycles. The van der Waals surface area contributed by atoms with Gasteiger partial charge in [-0.05, 0) is 70.6 Å². The number of hydrogen-bond acceptors (Lipinski definition) is 10. The van der Waals surface area contributed by atoms with Gasteiger partial charge in [0.25, 0.3) is 0 Å². The van der Waals surface area contributed by atoms with Gasteiger partial charge in [0.1, 0.15) is 24.4 Å². The van der Waals surface area contributed by atoms with Crippen LogP contribution in [0.1, 0.15) is 233 Å². The first-order valence-corrected chi connectivity index (χ1v) is 26.8. The van der Waals surface area contributed by atoms with Crippen LogP contribution in [0.15, 0.2) is 36.5 Å². The highest BCUT2D eigenvalue weighted by Crippen LogP contribution is 2.26. The Labute approximate surface area is 396 Å². The molecule has 11 nitrogen and oxygen atoms in total. The van der Waals surface area contributed by atoms with Crippen molar-refractivity contribution in [2.24, 2.45) is 0 Å². The van der Waals surface area contributed by atoms with Crippen LogP contribution in [0, 0.1) is 0 Å². The van der Waals surface area contributed by atoms with Gasteiger partial charge in [-0.3, -0.25) is 9.59 Å². The monoisotopic (exact) mass is 922 g/mol. The van der Waals surface area contributed by atoms with Crippen LogP contribution in [0.2, 0.25) is 0 Å². The van der Waals surface area contributed by atoms with Gasteiger partial charge in [0.15, 0.2) is 12.4 Å². The molecule has 0 aromatic rings. The SMILES string of the molecule is CCCC/C=C\CCCCCCCC(=O)OC1C(OCC(NC(=O)C(O)CCCC/C=C\CCCCCCCC)C(O)/C=C/CCCCCCCCCCCCC)OC(CO)C(O)C1O. The number of nitrogens with one attached hydrogen (secondary N) is 1. The summed E-state index contributed by atoms with van der Waals surface area (Å²) in [4.78, 5) is 26.3. The molecule has 8 atom stereocenters. The normalized spacial score (nSPS) is 20.5. The van der Waals surface area contributed by atoms with Crippen LogP contribution in [-0.4, -0.2) is 99.6 Å². The van der Waals surface area contributed by atoms with E-state index in [4.69, 9.17) is 14.2 Å². The zero-order chi connectivity index (χ0) is 47.6. The molecule has 0 spiro atoms. The van der Waals surface area contributed by atoms with Crippen LogP contribution in [0.5, 0.6) is 0 Å². The van der Waals surface area contributed by atoms with Gasteiger partial charge < -0.3 is 45.1 Å². The Kier molecular flexibility index (Phi) is 40.5. The van der Waals surface area contributed by atoms with Crippen molar-refractivity contribution < 1.29 is 49.3 Å². The fourth-order valence-electron chi connectivity index (χ4n) is 8.15. The summed E-state index contributed by atoms with van der Waals surface area (Å²) < 4.78 is 17.5. The van der Waals surface area contributed by atoms with Crippen molar-refractivity contribution in [2.75, 3.05) is 13.2 Å². The van der Waals surface area contributed by atoms with E-state index in [9.17, 15) is 35.1 Å². The summed E-state index contributed by atoms with van der Waals surface area (Å²) in [6.07, 6.45) is 37.7. The van der Waals surface area contributed by atoms with Crippen LogP contribution < -0.4 is 5.32 Å². The number of hydrogen-bond donors (Lipinski definition) is 6. The van der Waals surface area contributed by atoms with E-state index < -0.39 is 67.4 Å². The Balaban J connectivity index is 2.80. The summed E-state index contributed by atoms with van der Waals surface area (Å²) >= 11 is 0. The van der Waals surface area contributed by atoms with Crippen LogP contribution in [0.3, 0.4) is 0 Å². The minimum absolute atomic E-state index is 0.112. The zero-order valence-corrected chi connectivity index (χ0v) is 41.6. The van der Waals surface area contributed by atoms with E-state index in [0.717, 1.165) is 77.0 Å². The molecule has 11 heteroatoms. The molecule has 0 aromatic heterocycles. The molecule has 1 amide bonds. The van der Waals surface area contributed by atoms with Crippen LogP contribution in [0.4, 0.5) is 0 Å². The lowest BCUT2D eigenvalue weighted by Gasteiger charge is -2.41. The Hall–Kier alpha value is -2.12. The first-order valence-electron chi connectivity index (χ1n) is 26.8. The van der Waals surface area contributed by atoms with Crippen molar-refractivity contribution in [1.29, 1.82) is 0 Å². The molecule has 1 heterocycles. The highest BCUT2D eigenvalue weighted by Gasteiger charge is 2.47. The van der Waals surface area contributed by atoms with Gasteiger partial charge in [0.2, 0.25) is 5.91 Å². The Morgan fingerprint density at radius 1 is 0.585 bits per heavy atom. The maximum Gasteiger partial charge on any atom is 0.306 e. The number of rotatable bonds is 44. The molecule has 0 saturated carbocycles. The summed E-state index contributed by atoms with van der Waals surface area (Å²) in [5.41, 5.74) is 0. The van der Waals surface area contributed by atoms with E-state index in [1.165, 1.54) is 109 Å². The van der Waals surface area contributed by atoms with E-state index in [0.29, 0.717) is 12.8 Å². The molecular formula is C54H99NO10. The fraction of sp³-hybridized carbons (Fsp3) is 0.852. The second kappa shape index (κ2) is 43.2. The second-order valence-corrected chi connectivity index (χ2v) is 18.6. The predicted octanol–water partition coefficient (Wildman–Crippen LogP) is 11.2. The molecule has 0 radical (unpaired) electrons. The number of carbonyl (C=O) groups excluding carboxylic acids is 2. The van der Waals surface area contributed by atoms with Gasteiger partial charge >= 0.3 is 5.97 Å². The number of carbonyl (C=O) groups is 2. The molecular weight excluding hydrogens is 823 g/mol. The number of ether oxygens (including phenoxy) is 3. The smallest absolute Gasteiger partial charge is 0.306 e. The molecule has 1 fully saturated rings. The lowest BCUT2D eigenvalue weighted by Crippen LogP contribution is -2.61. The lowest BCUT2D eigenvalue weighted by atomic mass is 9.99. The highest BCUT2D eigenvalue weighted by atomic mass is 16.7. The maximum atomic E-state index is 13.3. The Morgan fingerprint density at radius 3 is 1.54 bits per heavy atom. The minimum atomic E-state index is -1.61. The highest BCUT2D eigenvalue weighted by molar-refractivity contribution is 5.80. The van der Waals surface area contributed by atoms with Crippen molar-refractivity contribution in [3.8, 4) is 0 Å². The maximum absolute atomic E-state index is 13.3. The van der Waals surface area contributed by atoms with Gasteiger partial charge in [-0.15, -0.1) is 0 Å². The van der Waals surface area contributed by atoms with E-state index >= 15 is 0 Å². The molecule has 1 aliphatic heterocycles. The number of esters is 1. The third-order valence-corrected chi connectivity index (χ3v) is 12.5. The molecule has 0 aromatic carbocycles. The van der Waals surface area contributed by atoms with Gasteiger partial charge in [0, 0.05) is 6.42 Å². The van der Waals surface area contributed by atoms with Crippen molar-refractivity contribution in [3.05, 3.63) is 36.5 Å². The fourth-order valence-corrected chi connectivity index (χ4v) is 8.15. The van der Waals surface area contributed by atoms with E-state index in [2.05, 4.69) is 50.4 Å². The Morgan fingerprint density at radius 2 is 1.03 bits per heavy atom. The van der Waals surface area contributed by atoms with Crippen molar-refractivity contribution in [1.82, 2.24) is 5.32 Å². The molecule has 1 saturated heterocycles. The number of unbranched alkanes of at least 4 members (excludes halogenated alkanes) is 26. The molecule has 8 unspecified atom stereocenters. The molecule has 0 bridgehead atoms. The zero-order valence-electron chi connectivity index (χ0n) is 41.6. The summed E-state index contributed by atoms with van der Waals surface area (Å²) in [6, 6.07) is -1.03. The average molecular weight is 922 g/mol. The average Bonchev–Trinajstić information content (AvgIpc) is 3.30. The number of aliphatic hydroxyl groups is 5. The largest absolute Gasteiger partial charge is 0.454 e. The van der Waals surface area contributed by atoms with Gasteiger partial charge in [-0.1, -0.05) is 192 Å². The Bertz CT molecular complexity index is 1200. The number of amides is 1. The number of allylic oxidation sites excluding steroid dienone is 5. The summed E-state index contributed by atoms with van der Waals surface area (Å²) in [5.74, 6) is -1.22. The van der Waals surface area contributed by atoms with Crippen LogP contribution in [0.25, 0.3) is 0 Å². The van der Waals surface area contributed by atoms with Crippen LogP contribution >= 0.6 is 0 Å². The first kappa shape index (κ1) is 60.9. The predicted molar refractivity (Wildman–Crippen MR) is 264 cm³/mol. The molecule has 65 heavy (non-hydrogen) atoms. The third kappa shape index (κ3) is 32.3. The van der Waals surface area contributed by atoms with Crippen molar-refractivity contribution in [2.45, 2.75) is 282 Å². The molecule has 6 N–H and O–H groups in total. The molecule has 1 aliphatic rings. The van der Waals surface area contributed by atoms with E-state index in [1.54, 1.807) is 6.08 Å².